The van der Waals surface area contributed by atoms with Crippen molar-refractivity contribution in [3.8, 4) is 22.8 Å². The normalized spacial score (nSPS) is 10.2. The van der Waals surface area contributed by atoms with Crippen LogP contribution in [0.1, 0.15) is 0 Å². The molecule has 0 amide bonds. The number of pyridine rings is 1. The van der Waals surface area contributed by atoms with Crippen molar-refractivity contribution in [2.45, 2.75) is 0 Å². The van der Waals surface area contributed by atoms with Crippen molar-refractivity contribution < 1.29 is 9.47 Å². The first-order chi connectivity index (χ1) is 11.3. The summed E-state index contributed by atoms with van der Waals surface area (Å²) in [4.78, 5) is 4.66. The highest BCUT2D eigenvalue weighted by atomic mass is 16.5. The molecule has 3 aromatic rings. The summed E-state index contributed by atoms with van der Waals surface area (Å²) in [6.45, 7) is 0. The van der Waals surface area contributed by atoms with E-state index in [0.717, 1.165) is 34.3 Å². The Kier molecular flexibility index (Phi) is 4.43. The van der Waals surface area contributed by atoms with Crippen molar-refractivity contribution >= 4 is 11.5 Å². The Hall–Kier alpha value is -3.01. The summed E-state index contributed by atoms with van der Waals surface area (Å²) in [6, 6.07) is 21.5. The third-order valence-electron chi connectivity index (χ3n) is 3.46. The van der Waals surface area contributed by atoms with Crippen LogP contribution in [0.2, 0.25) is 0 Å². The van der Waals surface area contributed by atoms with E-state index in [4.69, 9.17) is 9.47 Å². The van der Waals surface area contributed by atoms with Gasteiger partial charge in [-0.05, 0) is 36.4 Å². The van der Waals surface area contributed by atoms with E-state index in [9.17, 15) is 0 Å². The molecule has 1 N–H and O–H groups in total. The van der Waals surface area contributed by atoms with E-state index in [-0.39, 0.29) is 0 Å². The molecule has 1 heterocycles. The van der Waals surface area contributed by atoms with Crippen molar-refractivity contribution in [2.24, 2.45) is 0 Å². The summed E-state index contributed by atoms with van der Waals surface area (Å²) in [6.07, 6.45) is 0. The summed E-state index contributed by atoms with van der Waals surface area (Å²) >= 11 is 0. The lowest BCUT2D eigenvalue weighted by Gasteiger charge is -2.09. The van der Waals surface area contributed by atoms with Gasteiger partial charge in [0, 0.05) is 17.3 Å². The number of benzene rings is 2. The third-order valence-corrected chi connectivity index (χ3v) is 3.46. The molecule has 4 heteroatoms. The Morgan fingerprint density at radius 1 is 0.783 bits per heavy atom. The van der Waals surface area contributed by atoms with Crippen LogP contribution in [0.4, 0.5) is 11.5 Å². The number of rotatable bonds is 5. The molecular formula is C19H18N2O2. The Labute approximate surface area is 135 Å². The van der Waals surface area contributed by atoms with E-state index >= 15 is 0 Å². The highest BCUT2D eigenvalue weighted by Crippen LogP contribution is 2.25. The molecule has 0 bridgehead atoms. The number of hydrogen-bond acceptors (Lipinski definition) is 4. The van der Waals surface area contributed by atoms with Crippen LogP contribution < -0.4 is 14.8 Å². The lowest BCUT2D eigenvalue weighted by molar-refractivity contribution is 0.415. The molecule has 0 unspecified atom stereocenters. The van der Waals surface area contributed by atoms with Gasteiger partial charge in [-0.15, -0.1) is 0 Å². The molecule has 23 heavy (non-hydrogen) atoms. The maximum atomic E-state index is 5.27. The highest BCUT2D eigenvalue weighted by Gasteiger charge is 2.03. The lowest BCUT2D eigenvalue weighted by atomic mass is 10.1. The molecule has 0 saturated heterocycles. The minimum Gasteiger partial charge on any atom is -0.497 e. The summed E-state index contributed by atoms with van der Waals surface area (Å²) in [5.74, 6) is 2.40. The van der Waals surface area contributed by atoms with Crippen LogP contribution in [0.15, 0.2) is 66.7 Å². The highest BCUT2D eigenvalue weighted by molar-refractivity contribution is 5.65. The first-order valence-electron chi connectivity index (χ1n) is 7.31. The van der Waals surface area contributed by atoms with E-state index in [1.807, 2.05) is 66.7 Å². The monoisotopic (exact) mass is 306 g/mol. The van der Waals surface area contributed by atoms with Crippen LogP contribution >= 0.6 is 0 Å². The molecule has 3 rings (SSSR count). The van der Waals surface area contributed by atoms with E-state index in [1.165, 1.54) is 0 Å². The number of methoxy groups -OCH3 is 2. The molecule has 2 aromatic carbocycles. The Bertz CT molecular complexity index is 803. The molecule has 4 nitrogen and oxygen atoms in total. The summed E-state index contributed by atoms with van der Waals surface area (Å²) in [5.41, 5.74) is 2.83. The predicted octanol–water partition coefficient (Wildman–Crippen LogP) is 4.51. The molecule has 0 aliphatic heterocycles. The largest absolute Gasteiger partial charge is 0.497 e. The van der Waals surface area contributed by atoms with Crippen molar-refractivity contribution in [2.75, 3.05) is 19.5 Å². The summed E-state index contributed by atoms with van der Waals surface area (Å²) < 4.78 is 10.5. The van der Waals surface area contributed by atoms with Crippen LogP contribution in [0.25, 0.3) is 11.3 Å². The number of anilines is 2. The molecule has 0 aliphatic carbocycles. The smallest absolute Gasteiger partial charge is 0.131 e. The molecule has 0 spiro atoms. The van der Waals surface area contributed by atoms with E-state index in [0.29, 0.717) is 0 Å². The minimum absolute atomic E-state index is 0.776. The first-order valence-corrected chi connectivity index (χ1v) is 7.31. The summed E-state index contributed by atoms with van der Waals surface area (Å²) in [5, 5.41) is 3.30. The lowest BCUT2D eigenvalue weighted by Crippen LogP contribution is -1.95. The van der Waals surface area contributed by atoms with E-state index < -0.39 is 0 Å². The number of hydrogen-bond donors (Lipinski definition) is 1. The zero-order valence-corrected chi connectivity index (χ0v) is 13.1. The maximum Gasteiger partial charge on any atom is 0.131 e. The minimum atomic E-state index is 0.776. The zero-order chi connectivity index (χ0) is 16.1. The number of nitrogens with zero attached hydrogens (tertiary/aromatic N) is 1. The van der Waals surface area contributed by atoms with Crippen LogP contribution in [-0.4, -0.2) is 19.2 Å². The standard InChI is InChI=1S/C19H18N2O2/c1-22-16-8-3-6-14(12-16)18-10-5-11-19(21-18)20-15-7-4-9-17(13-15)23-2/h3-13H,1-2H3,(H,20,21). The summed E-state index contributed by atoms with van der Waals surface area (Å²) in [7, 11) is 3.31. The van der Waals surface area contributed by atoms with Gasteiger partial charge in [-0.25, -0.2) is 4.98 Å². The van der Waals surface area contributed by atoms with Crippen molar-refractivity contribution in [1.29, 1.82) is 0 Å². The van der Waals surface area contributed by atoms with Crippen molar-refractivity contribution in [1.82, 2.24) is 4.98 Å². The SMILES string of the molecule is COc1cccc(Nc2cccc(-c3cccc(OC)c3)n2)c1. The molecular weight excluding hydrogens is 288 g/mol. The second-order valence-electron chi connectivity index (χ2n) is 5.00. The second-order valence-corrected chi connectivity index (χ2v) is 5.00. The van der Waals surface area contributed by atoms with Crippen LogP contribution in [0.3, 0.4) is 0 Å². The molecule has 0 radical (unpaired) electrons. The van der Waals surface area contributed by atoms with Gasteiger partial charge in [0.1, 0.15) is 17.3 Å². The molecule has 116 valence electrons. The van der Waals surface area contributed by atoms with Gasteiger partial charge < -0.3 is 14.8 Å². The quantitative estimate of drug-likeness (QED) is 0.753. The maximum absolute atomic E-state index is 5.27. The van der Waals surface area contributed by atoms with Crippen LogP contribution in [0, 0.1) is 0 Å². The van der Waals surface area contributed by atoms with Gasteiger partial charge in [0.2, 0.25) is 0 Å². The molecule has 0 atom stereocenters. The van der Waals surface area contributed by atoms with Gasteiger partial charge in [0.25, 0.3) is 0 Å². The molecule has 0 fully saturated rings. The molecule has 0 saturated carbocycles. The van der Waals surface area contributed by atoms with Crippen molar-refractivity contribution in [3.63, 3.8) is 0 Å². The van der Waals surface area contributed by atoms with Crippen LogP contribution in [0.5, 0.6) is 11.5 Å². The Balaban J connectivity index is 1.87. The van der Waals surface area contributed by atoms with Gasteiger partial charge in [0.15, 0.2) is 0 Å². The first kappa shape index (κ1) is 14.9. The van der Waals surface area contributed by atoms with Crippen molar-refractivity contribution in [3.05, 3.63) is 66.7 Å². The topological polar surface area (TPSA) is 43.4 Å². The van der Waals surface area contributed by atoms with Gasteiger partial charge in [-0.3, -0.25) is 0 Å². The third kappa shape index (κ3) is 3.61. The van der Waals surface area contributed by atoms with Gasteiger partial charge >= 0.3 is 0 Å². The molecule has 1 aromatic heterocycles. The molecule has 0 aliphatic rings. The van der Waals surface area contributed by atoms with E-state index in [2.05, 4.69) is 10.3 Å². The van der Waals surface area contributed by atoms with Gasteiger partial charge in [-0.2, -0.15) is 0 Å². The fourth-order valence-electron chi connectivity index (χ4n) is 2.30. The fourth-order valence-corrected chi connectivity index (χ4v) is 2.30. The fraction of sp³-hybridized carbons (Fsp3) is 0.105. The number of nitrogens with one attached hydrogen (secondary N) is 1. The number of aromatic nitrogens is 1. The average molecular weight is 306 g/mol. The van der Waals surface area contributed by atoms with Gasteiger partial charge in [0.05, 0.1) is 19.9 Å². The predicted molar refractivity (Wildman–Crippen MR) is 92.5 cm³/mol. The Morgan fingerprint density at radius 2 is 1.48 bits per heavy atom. The average Bonchev–Trinajstić information content (AvgIpc) is 2.62. The zero-order valence-electron chi connectivity index (χ0n) is 13.1. The number of ether oxygens (including phenoxy) is 2. The van der Waals surface area contributed by atoms with Gasteiger partial charge in [-0.1, -0.05) is 24.3 Å². The second kappa shape index (κ2) is 6.83. The van der Waals surface area contributed by atoms with E-state index in [1.54, 1.807) is 14.2 Å². The van der Waals surface area contributed by atoms with Crippen LogP contribution in [-0.2, 0) is 0 Å². The Morgan fingerprint density at radius 3 is 2.26 bits per heavy atom.